The SMILES string of the molecule is Cc1c(F)ccc(C2CCCNC2)c1F. The van der Waals surface area contributed by atoms with E-state index in [1.54, 1.807) is 6.07 Å². The average molecular weight is 211 g/mol. The van der Waals surface area contributed by atoms with Crippen molar-refractivity contribution in [3.05, 3.63) is 34.9 Å². The van der Waals surface area contributed by atoms with Crippen molar-refractivity contribution < 1.29 is 8.78 Å². The van der Waals surface area contributed by atoms with Crippen LogP contribution in [0.1, 0.15) is 29.9 Å². The molecule has 0 bridgehead atoms. The number of nitrogens with one attached hydrogen (secondary N) is 1. The second kappa shape index (κ2) is 4.27. The van der Waals surface area contributed by atoms with Gasteiger partial charge in [0.2, 0.25) is 0 Å². The summed E-state index contributed by atoms with van der Waals surface area (Å²) in [6, 6.07) is 2.94. The molecular weight excluding hydrogens is 196 g/mol. The number of halogens is 2. The van der Waals surface area contributed by atoms with Crippen LogP contribution in [-0.2, 0) is 0 Å². The largest absolute Gasteiger partial charge is 0.316 e. The number of hydrogen-bond donors (Lipinski definition) is 1. The van der Waals surface area contributed by atoms with Crippen LogP contribution in [-0.4, -0.2) is 13.1 Å². The summed E-state index contributed by atoms with van der Waals surface area (Å²) in [5, 5.41) is 3.23. The van der Waals surface area contributed by atoms with Crippen molar-refractivity contribution in [3.8, 4) is 0 Å². The number of benzene rings is 1. The summed E-state index contributed by atoms with van der Waals surface area (Å²) in [7, 11) is 0. The summed E-state index contributed by atoms with van der Waals surface area (Å²) < 4.78 is 26.9. The molecule has 1 aliphatic heterocycles. The van der Waals surface area contributed by atoms with Crippen molar-refractivity contribution in [1.29, 1.82) is 0 Å². The molecule has 0 aliphatic carbocycles. The summed E-state index contributed by atoms with van der Waals surface area (Å²) in [6.45, 7) is 3.28. The van der Waals surface area contributed by atoms with Gasteiger partial charge in [0.15, 0.2) is 0 Å². The van der Waals surface area contributed by atoms with Gasteiger partial charge in [-0.25, -0.2) is 8.78 Å². The van der Waals surface area contributed by atoms with Crippen LogP contribution in [0.3, 0.4) is 0 Å². The summed E-state index contributed by atoms with van der Waals surface area (Å²) in [4.78, 5) is 0. The Morgan fingerprint density at radius 3 is 2.80 bits per heavy atom. The van der Waals surface area contributed by atoms with Crippen LogP contribution < -0.4 is 5.32 Å². The van der Waals surface area contributed by atoms with Crippen molar-refractivity contribution in [2.75, 3.05) is 13.1 Å². The highest BCUT2D eigenvalue weighted by Gasteiger charge is 2.20. The van der Waals surface area contributed by atoms with E-state index < -0.39 is 5.82 Å². The molecule has 1 aromatic carbocycles. The minimum atomic E-state index is -0.458. The third-order valence-electron chi connectivity index (χ3n) is 3.09. The monoisotopic (exact) mass is 211 g/mol. The second-order valence-electron chi connectivity index (χ2n) is 4.12. The molecular formula is C12H15F2N. The molecule has 1 N–H and O–H groups in total. The molecule has 3 heteroatoms. The lowest BCUT2D eigenvalue weighted by molar-refractivity contribution is 0.442. The minimum absolute atomic E-state index is 0.137. The highest BCUT2D eigenvalue weighted by molar-refractivity contribution is 5.29. The molecule has 1 nitrogen and oxygen atoms in total. The Labute approximate surface area is 88.5 Å². The number of rotatable bonds is 1. The first-order valence-corrected chi connectivity index (χ1v) is 5.35. The molecule has 1 aromatic rings. The third-order valence-corrected chi connectivity index (χ3v) is 3.09. The lowest BCUT2D eigenvalue weighted by Gasteiger charge is -2.24. The van der Waals surface area contributed by atoms with Crippen molar-refractivity contribution >= 4 is 0 Å². The van der Waals surface area contributed by atoms with E-state index >= 15 is 0 Å². The Morgan fingerprint density at radius 1 is 1.33 bits per heavy atom. The summed E-state index contributed by atoms with van der Waals surface area (Å²) >= 11 is 0. The highest BCUT2D eigenvalue weighted by Crippen LogP contribution is 2.27. The Bertz CT molecular complexity index is 357. The summed E-state index contributed by atoms with van der Waals surface area (Å²) in [6.07, 6.45) is 2.04. The van der Waals surface area contributed by atoms with E-state index in [0.29, 0.717) is 5.56 Å². The van der Waals surface area contributed by atoms with Gasteiger partial charge < -0.3 is 5.32 Å². The maximum atomic E-state index is 13.8. The quantitative estimate of drug-likeness (QED) is 0.753. The van der Waals surface area contributed by atoms with Gasteiger partial charge in [0.05, 0.1) is 0 Å². The minimum Gasteiger partial charge on any atom is -0.316 e. The Hall–Kier alpha value is -0.960. The van der Waals surface area contributed by atoms with Gasteiger partial charge in [-0.05, 0) is 43.9 Å². The Balaban J connectivity index is 2.31. The van der Waals surface area contributed by atoms with Gasteiger partial charge in [0.25, 0.3) is 0 Å². The second-order valence-corrected chi connectivity index (χ2v) is 4.12. The fraction of sp³-hybridized carbons (Fsp3) is 0.500. The lowest BCUT2D eigenvalue weighted by atomic mass is 9.90. The predicted molar refractivity (Wildman–Crippen MR) is 55.9 cm³/mol. The smallest absolute Gasteiger partial charge is 0.132 e. The lowest BCUT2D eigenvalue weighted by Crippen LogP contribution is -2.29. The molecule has 2 rings (SSSR count). The van der Waals surface area contributed by atoms with Gasteiger partial charge in [0, 0.05) is 12.1 Å². The molecule has 0 radical (unpaired) electrons. The van der Waals surface area contributed by atoms with Crippen molar-refractivity contribution in [2.24, 2.45) is 0 Å². The average Bonchev–Trinajstić information content (AvgIpc) is 2.27. The molecule has 82 valence electrons. The maximum Gasteiger partial charge on any atom is 0.132 e. The predicted octanol–water partition coefficient (Wildman–Crippen LogP) is 2.74. The van der Waals surface area contributed by atoms with Crippen LogP contribution in [0.4, 0.5) is 8.78 Å². The van der Waals surface area contributed by atoms with E-state index in [1.807, 2.05) is 0 Å². The third kappa shape index (κ3) is 2.02. The van der Waals surface area contributed by atoms with E-state index in [-0.39, 0.29) is 17.3 Å². The van der Waals surface area contributed by atoms with Crippen LogP contribution in [0.2, 0.25) is 0 Å². The van der Waals surface area contributed by atoms with Crippen LogP contribution in [0.25, 0.3) is 0 Å². The zero-order valence-electron chi connectivity index (χ0n) is 8.82. The molecule has 1 unspecified atom stereocenters. The number of piperidine rings is 1. The fourth-order valence-corrected chi connectivity index (χ4v) is 2.12. The van der Waals surface area contributed by atoms with Crippen molar-refractivity contribution in [3.63, 3.8) is 0 Å². The molecule has 15 heavy (non-hydrogen) atoms. The van der Waals surface area contributed by atoms with E-state index in [0.717, 1.165) is 25.9 Å². The Morgan fingerprint density at radius 2 is 2.13 bits per heavy atom. The number of hydrogen-bond acceptors (Lipinski definition) is 1. The molecule has 0 spiro atoms. The van der Waals surface area contributed by atoms with Crippen LogP contribution in [0.5, 0.6) is 0 Å². The van der Waals surface area contributed by atoms with Gasteiger partial charge in [-0.3, -0.25) is 0 Å². The molecule has 1 fully saturated rings. The van der Waals surface area contributed by atoms with E-state index in [9.17, 15) is 8.78 Å². The topological polar surface area (TPSA) is 12.0 Å². The van der Waals surface area contributed by atoms with Crippen molar-refractivity contribution in [2.45, 2.75) is 25.7 Å². The highest BCUT2D eigenvalue weighted by atomic mass is 19.1. The molecule has 1 heterocycles. The summed E-state index contributed by atoms with van der Waals surface area (Å²) in [5.41, 5.74) is 0.791. The van der Waals surface area contributed by atoms with Crippen molar-refractivity contribution in [1.82, 2.24) is 5.32 Å². The van der Waals surface area contributed by atoms with E-state index in [1.165, 1.54) is 13.0 Å². The molecule has 1 aliphatic rings. The first-order chi connectivity index (χ1) is 7.20. The standard InChI is InChI=1S/C12H15F2N/c1-8-11(13)5-4-10(12(8)14)9-3-2-6-15-7-9/h4-5,9,15H,2-3,6-7H2,1H3. The van der Waals surface area contributed by atoms with Crippen LogP contribution in [0.15, 0.2) is 12.1 Å². The van der Waals surface area contributed by atoms with E-state index in [4.69, 9.17) is 0 Å². The fourth-order valence-electron chi connectivity index (χ4n) is 2.12. The van der Waals surface area contributed by atoms with Crippen LogP contribution >= 0.6 is 0 Å². The Kier molecular flexibility index (Phi) is 3.00. The zero-order chi connectivity index (χ0) is 10.8. The van der Waals surface area contributed by atoms with Crippen LogP contribution in [0, 0.1) is 18.6 Å². The van der Waals surface area contributed by atoms with Gasteiger partial charge in [0.1, 0.15) is 11.6 Å². The maximum absolute atomic E-state index is 13.8. The molecule has 0 saturated carbocycles. The summed E-state index contributed by atoms with van der Waals surface area (Å²) in [5.74, 6) is -0.637. The molecule has 0 amide bonds. The van der Waals surface area contributed by atoms with Gasteiger partial charge in [-0.2, -0.15) is 0 Å². The van der Waals surface area contributed by atoms with Gasteiger partial charge >= 0.3 is 0 Å². The zero-order valence-corrected chi connectivity index (χ0v) is 8.82. The first-order valence-electron chi connectivity index (χ1n) is 5.35. The van der Waals surface area contributed by atoms with Gasteiger partial charge in [-0.1, -0.05) is 6.07 Å². The first kappa shape index (κ1) is 10.6. The molecule has 1 saturated heterocycles. The van der Waals surface area contributed by atoms with E-state index in [2.05, 4.69) is 5.32 Å². The normalized spacial score (nSPS) is 21.7. The molecule has 0 aromatic heterocycles. The van der Waals surface area contributed by atoms with Gasteiger partial charge in [-0.15, -0.1) is 0 Å². The molecule has 1 atom stereocenters.